The number of amides is 1. The van der Waals surface area contributed by atoms with Gasteiger partial charge in [-0.1, -0.05) is 44.9 Å². The van der Waals surface area contributed by atoms with Crippen LogP contribution in [0.25, 0.3) is 0 Å². The highest BCUT2D eigenvalue weighted by atomic mass is 16.4. The van der Waals surface area contributed by atoms with Crippen LogP contribution in [-0.4, -0.2) is 52.3 Å². The van der Waals surface area contributed by atoms with Gasteiger partial charge in [0.15, 0.2) is 0 Å². The molecule has 7 nitrogen and oxygen atoms in total. The van der Waals surface area contributed by atoms with E-state index in [-0.39, 0.29) is 17.4 Å². The van der Waals surface area contributed by atoms with Crippen LogP contribution in [0.5, 0.6) is 0 Å². The predicted molar refractivity (Wildman–Crippen MR) is 148 cm³/mol. The van der Waals surface area contributed by atoms with Gasteiger partial charge in [0.1, 0.15) is 0 Å². The number of nitrogens with zero attached hydrogens (tertiary/aromatic N) is 5. The van der Waals surface area contributed by atoms with E-state index in [1.807, 2.05) is 19.3 Å². The molecule has 1 heterocycles. The van der Waals surface area contributed by atoms with Crippen LogP contribution < -0.4 is 0 Å². The Labute approximate surface area is 218 Å². The van der Waals surface area contributed by atoms with Gasteiger partial charge >= 0.3 is 6.09 Å². The van der Waals surface area contributed by atoms with E-state index in [4.69, 9.17) is 4.99 Å². The van der Waals surface area contributed by atoms with E-state index in [1.54, 1.807) is 19.9 Å². The third-order valence-electron chi connectivity index (χ3n) is 7.12. The molecule has 36 heavy (non-hydrogen) atoms. The van der Waals surface area contributed by atoms with Crippen LogP contribution >= 0.6 is 0 Å². The summed E-state index contributed by atoms with van der Waals surface area (Å²) in [6, 6.07) is 2.53. The van der Waals surface area contributed by atoms with Crippen LogP contribution in [0.3, 0.4) is 0 Å². The zero-order chi connectivity index (χ0) is 26.9. The summed E-state index contributed by atoms with van der Waals surface area (Å²) in [4.78, 5) is 19.2. The maximum Gasteiger partial charge on any atom is 0.427 e. The van der Waals surface area contributed by atoms with E-state index in [1.165, 1.54) is 5.57 Å². The lowest BCUT2D eigenvalue weighted by Gasteiger charge is -2.42. The Morgan fingerprint density at radius 3 is 2.72 bits per heavy atom. The van der Waals surface area contributed by atoms with Gasteiger partial charge in [0.25, 0.3) is 0 Å². The Bertz CT molecular complexity index is 965. The Kier molecular flexibility index (Phi) is 10.5. The largest absolute Gasteiger partial charge is 0.464 e. The van der Waals surface area contributed by atoms with Crippen molar-refractivity contribution < 1.29 is 9.90 Å². The minimum absolute atomic E-state index is 0.0685. The van der Waals surface area contributed by atoms with Gasteiger partial charge in [0.05, 0.1) is 41.8 Å². The summed E-state index contributed by atoms with van der Waals surface area (Å²) in [5.41, 5.74) is 2.03. The number of nitriles is 1. The minimum atomic E-state index is -1.08. The first-order valence-corrected chi connectivity index (χ1v) is 13.3. The lowest BCUT2D eigenvalue weighted by Crippen LogP contribution is -2.43. The van der Waals surface area contributed by atoms with Crippen LogP contribution in [0.4, 0.5) is 4.79 Å². The topological polar surface area (TPSA) is 92.3 Å². The molecule has 1 amide bonds. The van der Waals surface area contributed by atoms with E-state index in [0.29, 0.717) is 12.3 Å². The third kappa shape index (κ3) is 8.08. The maximum absolute atomic E-state index is 12.1. The number of aliphatic imine (C=N–C) groups is 1. The summed E-state index contributed by atoms with van der Waals surface area (Å²) in [7, 11) is 0. The van der Waals surface area contributed by atoms with Crippen molar-refractivity contribution in [3.8, 4) is 6.07 Å². The summed E-state index contributed by atoms with van der Waals surface area (Å²) in [6.07, 6.45) is 14.7. The van der Waals surface area contributed by atoms with Crippen LogP contribution in [0, 0.1) is 28.1 Å². The summed E-state index contributed by atoms with van der Waals surface area (Å²) >= 11 is 0. The summed E-state index contributed by atoms with van der Waals surface area (Å²) in [6.45, 7) is 15.5. The van der Waals surface area contributed by atoms with Crippen LogP contribution in [0.15, 0.2) is 45.7 Å². The number of carbonyl (C=O) groups is 1. The van der Waals surface area contributed by atoms with Gasteiger partial charge in [-0.15, -0.1) is 0 Å². The van der Waals surface area contributed by atoms with E-state index in [2.05, 4.69) is 55.9 Å². The Morgan fingerprint density at radius 1 is 1.42 bits per heavy atom. The molecule has 7 heteroatoms. The first-order valence-electron chi connectivity index (χ1n) is 13.3. The number of rotatable bonds is 10. The molecule has 1 aliphatic heterocycles. The molecule has 1 fully saturated rings. The number of hydrogen-bond acceptors (Lipinski definition) is 5. The molecule has 1 aliphatic carbocycles. The monoisotopic (exact) mass is 495 g/mol. The van der Waals surface area contributed by atoms with Crippen molar-refractivity contribution in [1.82, 2.24) is 9.91 Å². The fourth-order valence-electron chi connectivity index (χ4n) is 5.13. The fraction of sp³-hybridized carbons (Fsp3) is 0.655. The third-order valence-corrected chi connectivity index (χ3v) is 7.12. The number of allylic oxidation sites excluding steroid dienone is 5. The first kappa shape index (κ1) is 29.4. The van der Waals surface area contributed by atoms with Gasteiger partial charge < -0.3 is 10.0 Å². The summed E-state index contributed by atoms with van der Waals surface area (Å²) < 4.78 is 0. The van der Waals surface area contributed by atoms with Gasteiger partial charge in [-0.05, 0) is 83.3 Å². The molecule has 0 aromatic rings. The quantitative estimate of drug-likeness (QED) is 0.261. The molecule has 3 unspecified atom stereocenters. The highest BCUT2D eigenvalue weighted by Gasteiger charge is 2.37. The Hall–Kier alpha value is -2.88. The molecule has 0 spiro atoms. The molecule has 0 radical (unpaired) electrons. The molecular formula is C29H45N5O2. The van der Waals surface area contributed by atoms with Crippen molar-refractivity contribution in [3.63, 3.8) is 0 Å². The van der Waals surface area contributed by atoms with Crippen molar-refractivity contribution in [1.29, 1.82) is 5.26 Å². The smallest absolute Gasteiger partial charge is 0.427 e. The standard InChI is InChI=1S/C29H45N5O2/c1-8-10-13-26(28(5,6)19-30)32-34(27(35)36)18-23-12-11-16-29(7,17-23)20-33-21-31-24(25(33)9-2)15-14-22(3)4/h10,13-15,21,23,25H,8-9,11-12,16-18,20H2,1-7H3,(H,35,36)/b13-10-,24-15+,32-26+. The van der Waals surface area contributed by atoms with Gasteiger partial charge in [-0.25, -0.2) is 9.79 Å². The van der Waals surface area contributed by atoms with E-state index >= 15 is 0 Å². The zero-order valence-electron chi connectivity index (χ0n) is 23.3. The molecule has 2 rings (SSSR count). The normalized spacial score (nSPS) is 25.9. The first-order chi connectivity index (χ1) is 16.9. The van der Waals surface area contributed by atoms with Crippen molar-refractivity contribution >= 4 is 18.1 Å². The molecule has 0 aromatic carbocycles. The van der Waals surface area contributed by atoms with Gasteiger partial charge in [-0.3, -0.25) is 0 Å². The van der Waals surface area contributed by atoms with E-state index in [9.17, 15) is 15.2 Å². The average molecular weight is 496 g/mol. The second kappa shape index (κ2) is 12.9. The SMILES string of the molecule is CC/C=C\C(=N/N(CC1CCCC(C)(CN2C=N/C(=C/C=C(C)C)C2CC)C1)C(=O)O)C(C)(C)C#N. The van der Waals surface area contributed by atoms with E-state index in [0.717, 1.165) is 55.8 Å². The highest BCUT2D eigenvalue weighted by molar-refractivity contribution is 6.01. The van der Waals surface area contributed by atoms with Crippen molar-refractivity contribution in [2.75, 3.05) is 13.1 Å². The lowest BCUT2D eigenvalue weighted by molar-refractivity contribution is 0.0881. The van der Waals surface area contributed by atoms with Crippen LogP contribution in [0.1, 0.15) is 87.0 Å². The molecule has 0 aromatic heterocycles. The number of hydrogen-bond donors (Lipinski definition) is 1. The maximum atomic E-state index is 12.1. The Morgan fingerprint density at radius 2 is 2.14 bits per heavy atom. The predicted octanol–water partition coefficient (Wildman–Crippen LogP) is 7.01. The molecule has 198 valence electrons. The van der Waals surface area contributed by atoms with Gasteiger partial charge in [-0.2, -0.15) is 15.4 Å². The minimum Gasteiger partial charge on any atom is -0.464 e. The molecular weight excluding hydrogens is 450 g/mol. The van der Waals surface area contributed by atoms with E-state index < -0.39 is 11.5 Å². The molecule has 0 bridgehead atoms. The average Bonchev–Trinajstić information content (AvgIpc) is 3.19. The van der Waals surface area contributed by atoms with Crippen molar-refractivity contribution in [2.24, 2.45) is 26.8 Å². The molecule has 0 saturated heterocycles. The number of carboxylic acid groups (broad SMARTS) is 1. The second-order valence-corrected chi connectivity index (χ2v) is 11.3. The van der Waals surface area contributed by atoms with Gasteiger partial charge in [0, 0.05) is 6.54 Å². The molecule has 3 atom stereocenters. The molecule has 2 aliphatic rings. The molecule has 1 saturated carbocycles. The van der Waals surface area contributed by atoms with Crippen molar-refractivity contribution in [2.45, 2.75) is 93.0 Å². The second-order valence-electron chi connectivity index (χ2n) is 11.3. The van der Waals surface area contributed by atoms with Crippen molar-refractivity contribution in [3.05, 3.63) is 35.6 Å². The fourth-order valence-corrected chi connectivity index (χ4v) is 5.13. The highest BCUT2D eigenvalue weighted by Crippen LogP contribution is 2.41. The number of hydrazone groups is 1. The lowest BCUT2D eigenvalue weighted by atomic mass is 9.70. The van der Waals surface area contributed by atoms with Crippen LogP contribution in [0.2, 0.25) is 0 Å². The summed E-state index contributed by atoms with van der Waals surface area (Å²) in [5.74, 6) is 0.213. The zero-order valence-corrected chi connectivity index (χ0v) is 23.3. The summed E-state index contributed by atoms with van der Waals surface area (Å²) in [5, 5.41) is 25.2. The Balaban J connectivity index is 2.18. The molecule has 1 N–H and O–H groups in total. The van der Waals surface area contributed by atoms with Crippen LogP contribution in [-0.2, 0) is 0 Å². The van der Waals surface area contributed by atoms with Gasteiger partial charge in [0.2, 0.25) is 0 Å².